The third-order valence-corrected chi connectivity index (χ3v) is 3.41. The fourth-order valence-corrected chi connectivity index (χ4v) is 2.34. The monoisotopic (exact) mass is 303 g/mol. The zero-order valence-corrected chi connectivity index (χ0v) is 14.3. The SMILES string of the molecule is Cc1c(-c2ccccc2)oc2c(C(=O)O)cccc2c1=O.[Na]. The average Bonchev–Trinajstić information content (AvgIpc) is 2.51. The number of hydrogen-bond acceptors (Lipinski definition) is 3. The molecule has 0 fully saturated rings. The van der Waals surface area contributed by atoms with Crippen LogP contribution in [-0.4, -0.2) is 40.6 Å². The molecule has 0 aliphatic carbocycles. The van der Waals surface area contributed by atoms with Crippen molar-refractivity contribution in [2.75, 3.05) is 0 Å². The van der Waals surface area contributed by atoms with Gasteiger partial charge in [0, 0.05) is 40.7 Å². The molecule has 1 radical (unpaired) electrons. The summed E-state index contributed by atoms with van der Waals surface area (Å²) in [6, 6.07) is 13.7. The topological polar surface area (TPSA) is 67.5 Å². The Balaban J connectivity index is 0.00000176. The molecule has 0 atom stereocenters. The van der Waals surface area contributed by atoms with Crippen molar-refractivity contribution in [1.29, 1.82) is 0 Å². The smallest absolute Gasteiger partial charge is 0.339 e. The van der Waals surface area contributed by atoms with Gasteiger partial charge in [0.25, 0.3) is 0 Å². The van der Waals surface area contributed by atoms with E-state index in [0.29, 0.717) is 11.3 Å². The molecule has 1 N–H and O–H groups in total. The summed E-state index contributed by atoms with van der Waals surface area (Å²) in [5.41, 5.74) is 1.10. The molecule has 3 rings (SSSR count). The molecule has 2 aromatic carbocycles. The van der Waals surface area contributed by atoms with Gasteiger partial charge in [0.05, 0.1) is 5.39 Å². The molecule has 3 aromatic rings. The molecular formula is C17H12NaO4. The summed E-state index contributed by atoms with van der Waals surface area (Å²) in [5.74, 6) is -0.714. The van der Waals surface area contributed by atoms with Crippen molar-refractivity contribution in [2.45, 2.75) is 6.92 Å². The standard InChI is InChI=1S/C17H12O4.Na/c1-10-14(18)12-8-5-9-13(17(19)20)16(12)21-15(10)11-6-3-2-4-7-11;/h2-9H,1H3,(H,19,20);. The van der Waals surface area contributed by atoms with Crippen molar-refractivity contribution in [3.05, 3.63) is 69.9 Å². The number of carboxylic acid groups (broad SMARTS) is 1. The minimum absolute atomic E-state index is 0. The van der Waals surface area contributed by atoms with Crippen molar-refractivity contribution in [2.24, 2.45) is 0 Å². The first-order valence-electron chi connectivity index (χ1n) is 6.44. The zero-order chi connectivity index (χ0) is 15.0. The minimum Gasteiger partial charge on any atom is -0.478 e. The number of benzene rings is 2. The Kier molecular flexibility index (Phi) is 4.86. The second-order valence-corrected chi connectivity index (χ2v) is 4.74. The summed E-state index contributed by atoms with van der Waals surface area (Å²) in [7, 11) is 0. The van der Waals surface area contributed by atoms with E-state index in [4.69, 9.17) is 4.42 Å². The third kappa shape index (κ3) is 2.73. The number of carbonyl (C=O) groups is 1. The van der Waals surface area contributed by atoms with Crippen LogP contribution in [0, 0.1) is 6.92 Å². The van der Waals surface area contributed by atoms with Gasteiger partial charge in [0.15, 0.2) is 11.0 Å². The number of para-hydroxylation sites is 1. The van der Waals surface area contributed by atoms with Gasteiger partial charge < -0.3 is 9.52 Å². The van der Waals surface area contributed by atoms with Gasteiger partial charge in [-0.3, -0.25) is 4.79 Å². The van der Waals surface area contributed by atoms with E-state index < -0.39 is 5.97 Å². The van der Waals surface area contributed by atoms with Crippen molar-refractivity contribution in [3.8, 4) is 11.3 Å². The Hall–Kier alpha value is -1.88. The van der Waals surface area contributed by atoms with Crippen molar-refractivity contribution in [1.82, 2.24) is 0 Å². The van der Waals surface area contributed by atoms with E-state index in [1.807, 2.05) is 30.3 Å². The molecule has 22 heavy (non-hydrogen) atoms. The van der Waals surface area contributed by atoms with Crippen LogP contribution in [-0.2, 0) is 0 Å². The Labute approximate surface area is 148 Å². The summed E-state index contributed by atoms with van der Waals surface area (Å²) in [6.45, 7) is 1.68. The number of hydrogen-bond donors (Lipinski definition) is 1. The molecule has 0 aliphatic rings. The van der Waals surface area contributed by atoms with Gasteiger partial charge in [0.2, 0.25) is 0 Å². The molecule has 0 saturated carbocycles. The predicted octanol–water partition coefficient (Wildman–Crippen LogP) is 3.09. The minimum atomic E-state index is -1.12. The summed E-state index contributed by atoms with van der Waals surface area (Å²) in [6.07, 6.45) is 0. The van der Waals surface area contributed by atoms with E-state index in [1.54, 1.807) is 19.1 Å². The molecular weight excluding hydrogens is 291 g/mol. The quantitative estimate of drug-likeness (QED) is 0.739. The second kappa shape index (κ2) is 6.48. The number of fused-ring (bicyclic) bond motifs is 1. The maximum Gasteiger partial charge on any atom is 0.339 e. The molecule has 0 unspecified atom stereocenters. The molecule has 105 valence electrons. The number of carboxylic acids is 1. The van der Waals surface area contributed by atoms with Crippen LogP contribution < -0.4 is 5.43 Å². The molecule has 1 aromatic heterocycles. The third-order valence-electron chi connectivity index (χ3n) is 3.41. The van der Waals surface area contributed by atoms with E-state index >= 15 is 0 Å². The first-order chi connectivity index (χ1) is 10.1. The maximum absolute atomic E-state index is 12.4. The van der Waals surface area contributed by atoms with Crippen molar-refractivity contribution < 1.29 is 14.3 Å². The van der Waals surface area contributed by atoms with Crippen LogP contribution in [0.3, 0.4) is 0 Å². The van der Waals surface area contributed by atoms with Gasteiger partial charge in [-0.2, -0.15) is 0 Å². The van der Waals surface area contributed by atoms with E-state index in [0.717, 1.165) is 5.56 Å². The Morgan fingerprint density at radius 2 is 1.73 bits per heavy atom. The summed E-state index contributed by atoms with van der Waals surface area (Å²) >= 11 is 0. The Morgan fingerprint density at radius 3 is 2.36 bits per heavy atom. The van der Waals surface area contributed by atoms with Crippen molar-refractivity contribution >= 4 is 46.5 Å². The van der Waals surface area contributed by atoms with E-state index in [9.17, 15) is 14.7 Å². The molecule has 0 amide bonds. The normalized spacial score (nSPS) is 10.2. The van der Waals surface area contributed by atoms with Gasteiger partial charge in [0.1, 0.15) is 11.3 Å². The number of aromatic carboxylic acids is 1. The molecule has 0 spiro atoms. The van der Waals surface area contributed by atoms with Crippen LogP contribution in [0.25, 0.3) is 22.3 Å². The molecule has 0 aliphatic heterocycles. The van der Waals surface area contributed by atoms with E-state index in [2.05, 4.69) is 0 Å². The van der Waals surface area contributed by atoms with Gasteiger partial charge in [-0.05, 0) is 19.1 Å². The van der Waals surface area contributed by atoms with Crippen LogP contribution in [0.15, 0.2) is 57.7 Å². The molecule has 4 nitrogen and oxygen atoms in total. The fraction of sp³-hybridized carbons (Fsp3) is 0.0588. The Morgan fingerprint density at radius 1 is 1.05 bits per heavy atom. The van der Waals surface area contributed by atoms with Gasteiger partial charge >= 0.3 is 5.97 Å². The van der Waals surface area contributed by atoms with Crippen LogP contribution in [0.4, 0.5) is 0 Å². The number of rotatable bonds is 2. The predicted molar refractivity (Wildman–Crippen MR) is 85.4 cm³/mol. The van der Waals surface area contributed by atoms with Crippen LogP contribution in [0.5, 0.6) is 0 Å². The van der Waals surface area contributed by atoms with Crippen LogP contribution in [0.2, 0.25) is 0 Å². The van der Waals surface area contributed by atoms with E-state index in [-0.39, 0.29) is 51.5 Å². The second-order valence-electron chi connectivity index (χ2n) is 4.74. The van der Waals surface area contributed by atoms with Crippen LogP contribution in [0.1, 0.15) is 15.9 Å². The summed E-state index contributed by atoms with van der Waals surface area (Å²) in [5, 5.41) is 9.53. The van der Waals surface area contributed by atoms with E-state index in [1.165, 1.54) is 6.07 Å². The molecule has 1 heterocycles. The summed E-state index contributed by atoms with van der Waals surface area (Å²) in [4.78, 5) is 23.7. The summed E-state index contributed by atoms with van der Waals surface area (Å²) < 4.78 is 5.77. The zero-order valence-electron chi connectivity index (χ0n) is 12.3. The van der Waals surface area contributed by atoms with Crippen molar-refractivity contribution in [3.63, 3.8) is 0 Å². The largest absolute Gasteiger partial charge is 0.478 e. The van der Waals surface area contributed by atoms with Gasteiger partial charge in [-0.1, -0.05) is 36.4 Å². The first kappa shape index (κ1) is 16.5. The van der Waals surface area contributed by atoms with Crippen LogP contribution >= 0.6 is 0 Å². The Bertz CT molecular complexity index is 898. The molecule has 5 heteroatoms. The van der Waals surface area contributed by atoms with Gasteiger partial charge in [-0.25, -0.2) is 4.79 Å². The molecule has 0 saturated heterocycles. The maximum atomic E-state index is 12.4. The first-order valence-corrected chi connectivity index (χ1v) is 6.44. The van der Waals surface area contributed by atoms with Gasteiger partial charge in [-0.15, -0.1) is 0 Å². The molecule has 0 bridgehead atoms. The average molecular weight is 303 g/mol. The fourth-order valence-electron chi connectivity index (χ4n) is 2.34.